The van der Waals surface area contributed by atoms with E-state index in [9.17, 15) is 31.1 Å². The molecule has 1 aromatic carbocycles. The van der Waals surface area contributed by atoms with Crippen LogP contribution in [0.3, 0.4) is 0 Å². The third kappa shape index (κ3) is 7.34. The van der Waals surface area contributed by atoms with E-state index in [0.717, 1.165) is 12.1 Å². The fourth-order valence-corrected chi connectivity index (χ4v) is 4.51. The summed E-state index contributed by atoms with van der Waals surface area (Å²) in [6.07, 6.45) is -6.98. The van der Waals surface area contributed by atoms with Gasteiger partial charge in [-0.3, -0.25) is 4.79 Å². The number of anilines is 1. The zero-order valence-corrected chi connectivity index (χ0v) is 20.4. The Morgan fingerprint density at radius 2 is 1.74 bits per heavy atom. The first-order valence-corrected chi connectivity index (χ1v) is 12.4. The first kappa shape index (κ1) is 28.1. The lowest BCUT2D eigenvalue weighted by Crippen LogP contribution is -2.42. The molecule has 0 amide bonds. The Morgan fingerprint density at radius 3 is 2.39 bits per heavy atom. The normalized spacial score (nSPS) is 19.1. The van der Waals surface area contributed by atoms with E-state index >= 15 is 0 Å². The molecule has 1 aromatic heterocycles. The highest BCUT2D eigenvalue weighted by molar-refractivity contribution is 5.89. The average molecular weight is 547 g/mol. The van der Waals surface area contributed by atoms with Crippen LogP contribution in [0.4, 0.5) is 32.2 Å². The maximum Gasteiger partial charge on any atom is 0.451 e. The second kappa shape index (κ2) is 11.9. The van der Waals surface area contributed by atoms with Gasteiger partial charge < -0.3 is 19.7 Å². The quantitative estimate of drug-likeness (QED) is 0.368. The Hall–Kier alpha value is -2.93. The van der Waals surface area contributed by atoms with E-state index < -0.39 is 29.8 Å². The van der Waals surface area contributed by atoms with Crippen LogP contribution in [-0.2, 0) is 28.3 Å². The first-order chi connectivity index (χ1) is 18.0. The molecule has 0 saturated carbocycles. The molecule has 4 rings (SSSR count). The van der Waals surface area contributed by atoms with Gasteiger partial charge in [-0.2, -0.15) is 31.3 Å². The standard InChI is InChI=1S/C25H28F6N4O3/c26-24(27,28)17-5-3-16(4-6-17)7-10-32-15-20(36)19-2-1-11-35(19)21-14-22(34-23(33-21)25(29,30)31)38-18-8-12-37-13-9-18/h3-6,14,18-19,32H,1-2,7-13,15H2/t19-/m0/s1. The van der Waals surface area contributed by atoms with E-state index in [2.05, 4.69) is 15.3 Å². The lowest BCUT2D eigenvalue weighted by Gasteiger charge is -2.27. The van der Waals surface area contributed by atoms with Gasteiger partial charge in [0.25, 0.3) is 0 Å². The van der Waals surface area contributed by atoms with Gasteiger partial charge in [0.2, 0.25) is 11.7 Å². The number of hydrogen-bond donors (Lipinski definition) is 1. The molecule has 1 atom stereocenters. The maximum absolute atomic E-state index is 13.5. The first-order valence-electron chi connectivity index (χ1n) is 12.4. The van der Waals surface area contributed by atoms with Crippen molar-refractivity contribution in [1.29, 1.82) is 0 Å². The van der Waals surface area contributed by atoms with E-state index in [4.69, 9.17) is 9.47 Å². The number of carbonyl (C=O) groups is 1. The zero-order valence-electron chi connectivity index (χ0n) is 20.4. The molecule has 7 nitrogen and oxygen atoms in total. The van der Waals surface area contributed by atoms with Gasteiger partial charge >= 0.3 is 12.4 Å². The predicted octanol–water partition coefficient (Wildman–Crippen LogP) is 4.44. The van der Waals surface area contributed by atoms with Crippen molar-refractivity contribution in [3.63, 3.8) is 0 Å². The third-order valence-corrected chi connectivity index (χ3v) is 6.49. The Morgan fingerprint density at radius 1 is 1.03 bits per heavy atom. The van der Waals surface area contributed by atoms with Crippen molar-refractivity contribution in [2.45, 2.75) is 56.6 Å². The maximum atomic E-state index is 13.5. The molecule has 2 fully saturated rings. The van der Waals surface area contributed by atoms with Gasteiger partial charge in [0, 0.05) is 25.5 Å². The lowest BCUT2D eigenvalue weighted by molar-refractivity contribution is -0.145. The highest BCUT2D eigenvalue weighted by atomic mass is 19.4. The van der Waals surface area contributed by atoms with Crippen molar-refractivity contribution < 1.29 is 40.6 Å². The van der Waals surface area contributed by atoms with Gasteiger partial charge in [-0.15, -0.1) is 0 Å². The van der Waals surface area contributed by atoms with Crippen LogP contribution in [0.15, 0.2) is 30.3 Å². The van der Waals surface area contributed by atoms with Crippen molar-refractivity contribution in [1.82, 2.24) is 15.3 Å². The molecule has 3 heterocycles. The molecular formula is C25H28F6N4O3. The molecule has 38 heavy (non-hydrogen) atoms. The Balaban J connectivity index is 1.37. The van der Waals surface area contributed by atoms with Crippen LogP contribution >= 0.6 is 0 Å². The minimum absolute atomic E-state index is 0.0185. The Labute approximate surface area is 215 Å². The number of Topliss-reactive ketones (excluding diaryl/α,β-unsaturated/α-hetero) is 1. The second-order valence-corrected chi connectivity index (χ2v) is 9.25. The van der Waals surface area contributed by atoms with Crippen molar-refractivity contribution in [2.75, 3.05) is 37.7 Å². The van der Waals surface area contributed by atoms with Crippen molar-refractivity contribution in [2.24, 2.45) is 0 Å². The number of alkyl halides is 6. The molecule has 208 valence electrons. The number of halogens is 6. The van der Waals surface area contributed by atoms with E-state index in [1.165, 1.54) is 18.2 Å². The smallest absolute Gasteiger partial charge is 0.451 e. The van der Waals surface area contributed by atoms with Gasteiger partial charge in [0.15, 0.2) is 5.78 Å². The van der Waals surface area contributed by atoms with Crippen LogP contribution < -0.4 is 15.0 Å². The van der Waals surface area contributed by atoms with Crippen molar-refractivity contribution in [3.05, 3.63) is 47.3 Å². The highest BCUT2D eigenvalue weighted by Crippen LogP contribution is 2.33. The van der Waals surface area contributed by atoms with Crippen LogP contribution in [0.25, 0.3) is 0 Å². The second-order valence-electron chi connectivity index (χ2n) is 9.25. The van der Waals surface area contributed by atoms with Crippen molar-refractivity contribution in [3.8, 4) is 5.88 Å². The molecular weight excluding hydrogens is 518 g/mol. The summed E-state index contributed by atoms with van der Waals surface area (Å²) in [5.74, 6) is -1.75. The molecule has 13 heteroatoms. The number of ether oxygens (including phenoxy) is 2. The number of nitrogens with one attached hydrogen (secondary N) is 1. The van der Waals surface area contributed by atoms with E-state index in [0.29, 0.717) is 64.0 Å². The summed E-state index contributed by atoms with van der Waals surface area (Å²) in [5.41, 5.74) is -0.0522. The third-order valence-electron chi connectivity index (χ3n) is 6.49. The minimum atomic E-state index is -4.79. The molecule has 1 N–H and O–H groups in total. The van der Waals surface area contributed by atoms with Gasteiger partial charge in [-0.1, -0.05) is 12.1 Å². The molecule has 2 aliphatic heterocycles. The Bertz CT molecular complexity index is 1090. The van der Waals surface area contributed by atoms with E-state index in [-0.39, 0.29) is 30.1 Å². The number of nitrogens with zero attached hydrogens (tertiary/aromatic N) is 3. The van der Waals surface area contributed by atoms with Gasteiger partial charge in [-0.25, -0.2) is 4.98 Å². The molecule has 2 saturated heterocycles. The topological polar surface area (TPSA) is 76.6 Å². The molecule has 0 bridgehead atoms. The SMILES string of the molecule is O=C(CNCCc1ccc(C(F)(F)F)cc1)[C@@H]1CCCN1c1cc(OC2CCOCC2)nc(C(F)(F)F)n1. The number of hydrogen-bond acceptors (Lipinski definition) is 7. The van der Waals surface area contributed by atoms with Crippen LogP contribution in [0.1, 0.15) is 42.6 Å². The summed E-state index contributed by atoms with van der Waals surface area (Å²) < 4.78 is 89.7. The fourth-order valence-electron chi connectivity index (χ4n) is 4.51. The van der Waals surface area contributed by atoms with Crippen LogP contribution in [0, 0.1) is 0 Å². The number of carbonyl (C=O) groups excluding carboxylic acids is 1. The number of ketones is 1. The van der Waals surface area contributed by atoms with Crippen LogP contribution in [0.5, 0.6) is 5.88 Å². The molecule has 0 radical (unpaired) electrons. The van der Waals surface area contributed by atoms with Crippen molar-refractivity contribution >= 4 is 11.6 Å². The molecule has 0 unspecified atom stereocenters. The summed E-state index contributed by atoms with van der Waals surface area (Å²) in [6, 6.07) is 5.47. The van der Waals surface area contributed by atoms with Gasteiger partial charge in [0.1, 0.15) is 11.9 Å². The van der Waals surface area contributed by atoms with E-state index in [1.807, 2.05) is 0 Å². The average Bonchev–Trinajstić information content (AvgIpc) is 3.36. The monoisotopic (exact) mass is 546 g/mol. The summed E-state index contributed by atoms with van der Waals surface area (Å²) in [5, 5.41) is 2.98. The van der Waals surface area contributed by atoms with Gasteiger partial charge in [-0.05, 0) is 43.5 Å². The molecule has 2 aromatic rings. The van der Waals surface area contributed by atoms with Crippen LogP contribution in [-0.4, -0.2) is 60.7 Å². The number of aromatic nitrogens is 2. The fraction of sp³-hybridized carbons (Fsp3) is 0.560. The van der Waals surface area contributed by atoms with Gasteiger partial charge in [0.05, 0.1) is 31.4 Å². The largest absolute Gasteiger partial charge is 0.474 e. The molecule has 0 aliphatic carbocycles. The molecule has 0 spiro atoms. The van der Waals surface area contributed by atoms with Crippen LogP contribution in [0.2, 0.25) is 0 Å². The summed E-state index contributed by atoms with van der Waals surface area (Å²) in [6.45, 7) is 1.56. The summed E-state index contributed by atoms with van der Waals surface area (Å²) in [4.78, 5) is 21.8. The lowest BCUT2D eigenvalue weighted by atomic mass is 10.1. The number of benzene rings is 1. The van der Waals surface area contributed by atoms with E-state index in [1.54, 1.807) is 4.90 Å². The minimum Gasteiger partial charge on any atom is -0.474 e. The predicted molar refractivity (Wildman–Crippen MR) is 125 cm³/mol. The summed E-state index contributed by atoms with van der Waals surface area (Å²) in [7, 11) is 0. The summed E-state index contributed by atoms with van der Waals surface area (Å²) >= 11 is 0. The number of rotatable bonds is 9. The molecule has 2 aliphatic rings. The Kier molecular flexibility index (Phi) is 8.76. The zero-order chi connectivity index (χ0) is 27.3. The highest BCUT2D eigenvalue weighted by Gasteiger charge is 2.38.